The van der Waals surface area contributed by atoms with Crippen molar-refractivity contribution in [2.45, 2.75) is 31.2 Å². The van der Waals surface area contributed by atoms with E-state index in [1.807, 2.05) is 16.8 Å². The van der Waals surface area contributed by atoms with Crippen molar-refractivity contribution in [2.24, 2.45) is 5.73 Å². The number of Topliss-reactive ketones (excluding diaryl/α,β-unsaturated/α-hetero) is 1. The second-order valence-electron chi connectivity index (χ2n) is 6.45. The van der Waals surface area contributed by atoms with Crippen molar-refractivity contribution in [1.29, 1.82) is 0 Å². The van der Waals surface area contributed by atoms with Crippen LogP contribution in [-0.2, 0) is 0 Å². The van der Waals surface area contributed by atoms with Crippen molar-refractivity contribution < 1.29 is 14.3 Å². The molecule has 0 radical (unpaired) electrons. The number of amides is 1. The third-order valence-electron chi connectivity index (χ3n) is 4.68. The first-order valence-corrected chi connectivity index (χ1v) is 9.35. The lowest BCUT2D eigenvalue weighted by Gasteiger charge is -2.30. The van der Waals surface area contributed by atoms with Crippen LogP contribution in [0.1, 0.15) is 46.4 Å². The minimum Gasteiger partial charge on any atom is -0.492 e. The molecule has 2 aromatic rings. The summed E-state index contributed by atoms with van der Waals surface area (Å²) < 4.78 is 5.93. The number of thiophene rings is 1. The van der Waals surface area contributed by atoms with Gasteiger partial charge >= 0.3 is 0 Å². The molecule has 5 nitrogen and oxygen atoms in total. The van der Waals surface area contributed by atoms with Crippen LogP contribution in [0.15, 0.2) is 41.1 Å². The predicted molar refractivity (Wildman–Crippen MR) is 98.3 cm³/mol. The molecule has 0 atom stereocenters. The Hall–Kier alpha value is -2.18. The second kappa shape index (κ2) is 7.80. The molecule has 1 aromatic heterocycles. The van der Waals surface area contributed by atoms with E-state index >= 15 is 0 Å². The highest BCUT2D eigenvalue weighted by Gasteiger charge is 2.34. The molecule has 3 N–H and O–H groups in total. The van der Waals surface area contributed by atoms with Crippen LogP contribution in [0.2, 0.25) is 0 Å². The van der Waals surface area contributed by atoms with E-state index in [1.54, 1.807) is 24.3 Å². The lowest BCUT2D eigenvalue weighted by molar-refractivity contribution is 0.0962. The van der Waals surface area contributed by atoms with Crippen molar-refractivity contribution in [3.05, 3.63) is 52.2 Å². The normalized spacial score (nSPS) is 15.8. The number of primary amides is 1. The van der Waals surface area contributed by atoms with Crippen LogP contribution in [0.3, 0.4) is 0 Å². The van der Waals surface area contributed by atoms with Crippen molar-refractivity contribution in [3.63, 3.8) is 0 Å². The monoisotopic (exact) mass is 358 g/mol. The summed E-state index contributed by atoms with van der Waals surface area (Å²) in [6, 6.07) is 8.67. The number of hydrogen-bond donors (Lipinski definition) is 2. The summed E-state index contributed by atoms with van der Waals surface area (Å²) in [4.78, 5) is 23.4. The number of benzene rings is 1. The zero-order valence-corrected chi connectivity index (χ0v) is 14.8. The Kier molecular flexibility index (Phi) is 5.50. The third kappa shape index (κ3) is 4.46. The van der Waals surface area contributed by atoms with Crippen molar-refractivity contribution in [1.82, 2.24) is 5.32 Å². The van der Waals surface area contributed by atoms with Gasteiger partial charge in [0.05, 0.1) is 12.1 Å². The average Bonchev–Trinajstić information content (AvgIpc) is 3.31. The molecule has 25 heavy (non-hydrogen) atoms. The maximum Gasteiger partial charge on any atom is 0.248 e. The molecule has 0 aliphatic heterocycles. The summed E-state index contributed by atoms with van der Waals surface area (Å²) in [5, 5.41) is 7.23. The highest BCUT2D eigenvalue weighted by atomic mass is 32.1. The van der Waals surface area contributed by atoms with Crippen molar-refractivity contribution >= 4 is 23.0 Å². The van der Waals surface area contributed by atoms with Crippen LogP contribution in [0.5, 0.6) is 5.75 Å². The quantitative estimate of drug-likeness (QED) is 0.711. The molecule has 6 heteroatoms. The van der Waals surface area contributed by atoms with E-state index in [9.17, 15) is 9.59 Å². The molecule has 1 saturated carbocycles. The van der Waals surface area contributed by atoms with Gasteiger partial charge < -0.3 is 15.8 Å². The lowest BCUT2D eigenvalue weighted by Crippen LogP contribution is -2.49. The minimum atomic E-state index is -0.451. The van der Waals surface area contributed by atoms with E-state index in [1.165, 1.54) is 11.3 Å². The zero-order valence-electron chi connectivity index (χ0n) is 14.0. The SMILES string of the molecule is NC(=O)c1ccc(OCC2(NCC(=O)c3ccsc3)CCCC2)cc1. The predicted octanol–water partition coefficient (Wildman–Crippen LogP) is 3.01. The lowest BCUT2D eigenvalue weighted by atomic mass is 9.98. The van der Waals surface area contributed by atoms with E-state index in [0.717, 1.165) is 31.2 Å². The Bertz CT molecular complexity index is 720. The van der Waals surface area contributed by atoms with Crippen LogP contribution >= 0.6 is 11.3 Å². The van der Waals surface area contributed by atoms with Crippen LogP contribution in [0.25, 0.3) is 0 Å². The first-order valence-electron chi connectivity index (χ1n) is 8.41. The maximum atomic E-state index is 12.2. The Morgan fingerprint density at radius 3 is 2.44 bits per heavy atom. The Morgan fingerprint density at radius 2 is 1.84 bits per heavy atom. The van der Waals surface area contributed by atoms with Crippen molar-refractivity contribution in [3.8, 4) is 5.75 Å². The maximum absolute atomic E-state index is 12.2. The number of carbonyl (C=O) groups is 2. The van der Waals surface area contributed by atoms with Crippen LogP contribution < -0.4 is 15.8 Å². The summed E-state index contributed by atoms with van der Waals surface area (Å²) in [7, 11) is 0. The summed E-state index contributed by atoms with van der Waals surface area (Å²) in [5.74, 6) is 0.355. The minimum absolute atomic E-state index is 0.110. The molecule has 0 saturated heterocycles. The standard InChI is InChI=1S/C19H22N2O3S/c20-18(23)14-3-5-16(6-4-14)24-13-19(8-1-2-9-19)21-11-17(22)15-7-10-25-12-15/h3-7,10,12,21H,1-2,8-9,11,13H2,(H2,20,23). The topological polar surface area (TPSA) is 81.4 Å². The molecule has 1 heterocycles. The number of rotatable bonds is 8. The first kappa shape index (κ1) is 17.6. The highest BCUT2D eigenvalue weighted by molar-refractivity contribution is 7.08. The van der Waals surface area contributed by atoms with E-state index in [0.29, 0.717) is 24.5 Å². The summed E-state index contributed by atoms with van der Waals surface area (Å²) in [6.45, 7) is 0.820. The van der Waals surface area contributed by atoms with Crippen molar-refractivity contribution in [2.75, 3.05) is 13.2 Å². The van der Waals surface area contributed by atoms with E-state index in [2.05, 4.69) is 5.32 Å². The molecule has 1 fully saturated rings. The third-order valence-corrected chi connectivity index (χ3v) is 5.36. The van der Waals surface area contributed by atoms with Gasteiger partial charge in [-0.25, -0.2) is 0 Å². The van der Waals surface area contributed by atoms with Gasteiger partial charge in [-0.05, 0) is 48.6 Å². The van der Waals surface area contributed by atoms with Gasteiger partial charge in [-0.3, -0.25) is 9.59 Å². The molecular weight excluding hydrogens is 336 g/mol. The smallest absolute Gasteiger partial charge is 0.248 e. The van der Waals surface area contributed by atoms with Gasteiger partial charge in [-0.1, -0.05) is 12.8 Å². The number of carbonyl (C=O) groups excluding carboxylic acids is 2. The second-order valence-corrected chi connectivity index (χ2v) is 7.23. The number of ketones is 1. The van der Waals surface area contributed by atoms with Gasteiger partial charge in [0.1, 0.15) is 12.4 Å². The fourth-order valence-electron chi connectivity index (χ4n) is 3.15. The zero-order chi connectivity index (χ0) is 17.7. The van der Waals surface area contributed by atoms with Crippen LogP contribution in [0.4, 0.5) is 0 Å². The van der Waals surface area contributed by atoms with Gasteiger partial charge in [0.15, 0.2) is 5.78 Å². The Labute approximate surface area is 151 Å². The Balaban J connectivity index is 1.58. The largest absolute Gasteiger partial charge is 0.492 e. The fourth-order valence-corrected chi connectivity index (χ4v) is 3.81. The van der Waals surface area contributed by atoms with Gasteiger partial charge in [0.2, 0.25) is 5.91 Å². The van der Waals surface area contributed by atoms with Gasteiger partial charge in [-0.2, -0.15) is 11.3 Å². The number of ether oxygens (including phenoxy) is 1. The van der Waals surface area contributed by atoms with Gasteiger partial charge in [-0.15, -0.1) is 0 Å². The molecule has 132 valence electrons. The molecule has 0 bridgehead atoms. The van der Waals surface area contributed by atoms with E-state index in [4.69, 9.17) is 10.5 Å². The van der Waals surface area contributed by atoms with Crippen LogP contribution in [-0.4, -0.2) is 30.4 Å². The number of nitrogens with two attached hydrogens (primary N) is 1. The fraction of sp³-hybridized carbons (Fsp3) is 0.368. The first-order chi connectivity index (χ1) is 12.1. The molecule has 0 spiro atoms. The average molecular weight is 358 g/mol. The van der Waals surface area contributed by atoms with Gasteiger partial charge in [0.25, 0.3) is 0 Å². The van der Waals surface area contributed by atoms with Crippen LogP contribution in [0, 0.1) is 0 Å². The molecule has 0 unspecified atom stereocenters. The molecular formula is C19H22N2O3S. The molecule has 1 amide bonds. The highest BCUT2D eigenvalue weighted by Crippen LogP contribution is 2.30. The molecule has 1 aliphatic carbocycles. The molecule has 1 aromatic carbocycles. The Morgan fingerprint density at radius 1 is 1.12 bits per heavy atom. The summed E-state index contributed by atoms with van der Waals surface area (Å²) >= 11 is 1.53. The number of hydrogen-bond acceptors (Lipinski definition) is 5. The summed E-state index contributed by atoms with van der Waals surface area (Å²) in [5.41, 5.74) is 6.29. The van der Waals surface area contributed by atoms with Gasteiger partial charge in [0, 0.05) is 16.5 Å². The molecule has 3 rings (SSSR count). The van der Waals surface area contributed by atoms with E-state index in [-0.39, 0.29) is 11.3 Å². The number of nitrogens with one attached hydrogen (secondary N) is 1. The van der Waals surface area contributed by atoms with E-state index < -0.39 is 5.91 Å². The summed E-state index contributed by atoms with van der Waals surface area (Å²) in [6.07, 6.45) is 4.24. The molecule has 1 aliphatic rings.